The van der Waals surface area contributed by atoms with Crippen LogP contribution in [0.25, 0.3) is 0 Å². The zero-order valence-corrected chi connectivity index (χ0v) is 20.1. The SMILES string of the molecule is CCCCCCCC/C=C\CCCCCCCCOC(COC)COP(C)(=O)F. The van der Waals surface area contributed by atoms with E-state index in [0.717, 1.165) is 19.5 Å². The third kappa shape index (κ3) is 23.9. The largest absolute Gasteiger partial charge is 0.382 e. The van der Waals surface area contributed by atoms with Crippen LogP contribution in [0, 0.1) is 0 Å². The molecule has 0 N–H and O–H groups in total. The number of unbranched alkanes of at least 4 members (excludes halogenated alkanes) is 12. The van der Waals surface area contributed by atoms with E-state index in [1.807, 2.05) is 0 Å². The van der Waals surface area contributed by atoms with Crippen molar-refractivity contribution in [1.29, 1.82) is 0 Å². The Morgan fingerprint density at radius 2 is 1.34 bits per heavy atom. The van der Waals surface area contributed by atoms with Crippen molar-refractivity contribution in [2.45, 2.75) is 103 Å². The number of ether oxygens (including phenoxy) is 2. The molecule has 0 bridgehead atoms. The number of halogens is 1. The zero-order chi connectivity index (χ0) is 21.6. The third-order valence-electron chi connectivity index (χ3n) is 4.85. The second kappa shape index (κ2) is 21.0. The molecule has 2 unspecified atom stereocenters. The average molecular weight is 437 g/mol. The minimum Gasteiger partial charge on any atom is -0.382 e. The number of hydrogen-bond donors (Lipinski definition) is 0. The lowest BCUT2D eigenvalue weighted by atomic mass is 10.1. The van der Waals surface area contributed by atoms with Crippen molar-refractivity contribution in [3.05, 3.63) is 12.2 Å². The summed E-state index contributed by atoms with van der Waals surface area (Å²) in [4.78, 5) is 0. The average Bonchev–Trinajstić information content (AvgIpc) is 2.67. The van der Waals surface area contributed by atoms with E-state index >= 15 is 0 Å². The fourth-order valence-corrected chi connectivity index (χ4v) is 3.58. The zero-order valence-electron chi connectivity index (χ0n) is 19.2. The van der Waals surface area contributed by atoms with Gasteiger partial charge in [0, 0.05) is 20.4 Å². The van der Waals surface area contributed by atoms with Crippen LogP contribution < -0.4 is 0 Å². The van der Waals surface area contributed by atoms with Crippen molar-refractivity contribution >= 4 is 7.68 Å². The molecule has 0 aromatic carbocycles. The van der Waals surface area contributed by atoms with E-state index in [1.165, 1.54) is 77.0 Å². The Morgan fingerprint density at radius 3 is 1.86 bits per heavy atom. The highest BCUT2D eigenvalue weighted by Gasteiger charge is 2.17. The van der Waals surface area contributed by atoms with E-state index in [0.29, 0.717) is 13.2 Å². The molecular weight excluding hydrogens is 390 g/mol. The minimum atomic E-state index is -3.96. The van der Waals surface area contributed by atoms with Crippen LogP contribution in [0.3, 0.4) is 0 Å². The first kappa shape index (κ1) is 28.8. The number of allylic oxidation sites excluding steroid dienone is 2. The minimum absolute atomic E-state index is 0.0372. The molecular formula is C23H46FO4P. The summed E-state index contributed by atoms with van der Waals surface area (Å²) in [7, 11) is -2.40. The summed E-state index contributed by atoms with van der Waals surface area (Å²) in [5.74, 6) is 0. The number of rotatable bonds is 22. The highest BCUT2D eigenvalue weighted by Crippen LogP contribution is 2.43. The van der Waals surface area contributed by atoms with Crippen LogP contribution >= 0.6 is 7.68 Å². The normalized spacial score (nSPS) is 15.0. The van der Waals surface area contributed by atoms with Gasteiger partial charge in [0.2, 0.25) is 0 Å². The first-order valence-corrected chi connectivity index (χ1v) is 13.6. The highest BCUT2D eigenvalue weighted by molar-refractivity contribution is 7.52. The molecule has 0 rings (SSSR count). The summed E-state index contributed by atoms with van der Waals surface area (Å²) in [5, 5.41) is 0. The predicted octanol–water partition coefficient (Wildman–Crippen LogP) is 7.86. The lowest BCUT2D eigenvalue weighted by molar-refractivity contribution is -0.0272. The molecule has 0 heterocycles. The first-order chi connectivity index (χ1) is 14.0. The van der Waals surface area contributed by atoms with E-state index in [2.05, 4.69) is 19.1 Å². The van der Waals surface area contributed by atoms with E-state index in [-0.39, 0.29) is 12.7 Å². The van der Waals surface area contributed by atoms with Crippen LogP contribution in [-0.4, -0.2) is 39.7 Å². The summed E-state index contributed by atoms with van der Waals surface area (Å²) < 4.78 is 39.3. The molecule has 0 saturated carbocycles. The molecule has 29 heavy (non-hydrogen) atoms. The van der Waals surface area contributed by atoms with Gasteiger partial charge in [0.05, 0.1) is 13.2 Å². The van der Waals surface area contributed by atoms with Gasteiger partial charge in [-0.3, -0.25) is 4.57 Å². The van der Waals surface area contributed by atoms with Crippen LogP contribution in [0.4, 0.5) is 4.20 Å². The van der Waals surface area contributed by atoms with Gasteiger partial charge in [-0.15, -0.1) is 0 Å². The molecule has 0 aliphatic carbocycles. The molecule has 0 aromatic heterocycles. The van der Waals surface area contributed by atoms with Gasteiger partial charge in [-0.2, -0.15) is 4.20 Å². The standard InChI is InChI=1S/C23H46FO4P/c1-4-5-6-7-8-9-10-11-12-13-14-15-16-17-18-19-20-27-23(21-26-2)22-28-29(3,24)25/h11-12,23H,4-10,13-22H2,1-3H3/b12-11-. The predicted molar refractivity (Wildman–Crippen MR) is 122 cm³/mol. The van der Waals surface area contributed by atoms with Crippen molar-refractivity contribution < 1.29 is 22.8 Å². The molecule has 0 spiro atoms. The first-order valence-electron chi connectivity index (χ1n) is 11.7. The molecule has 0 radical (unpaired) electrons. The van der Waals surface area contributed by atoms with Gasteiger partial charge in [0.15, 0.2) is 0 Å². The molecule has 0 fully saturated rings. The van der Waals surface area contributed by atoms with E-state index in [4.69, 9.17) is 14.0 Å². The summed E-state index contributed by atoms with van der Waals surface area (Å²) in [6.07, 6.45) is 22.1. The van der Waals surface area contributed by atoms with Crippen molar-refractivity contribution in [2.24, 2.45) is 0 Å². The maximum atomic E-state index is 13.0. The monoisotopic (exact) mass is 436 g/mol. The van der Waals surface area contributed by atoms with Crippen molar-refractivity contribution in [3.63, 3.8) is 0 Å². The maximum absolute atomic E-state index is 13.0. The van der Waals surface area contributed by atoms with Crippen molar-refractivity contribution in [1.82, 2.24) is 0 Å². The molecule has 6 heteroatoms. The molecule has 0 aliphatic rings. The fraction of sp³-hybridized carbons (Fsp3) is 0.913. The molecule has 2 atom stereocenters. The van der Waals surface area contributed by atoms with Crippen LogP contribution in [-0.2, 0) is 18.6 Å². The number of methoxy groups -OCH3 is 1. The van der Waals surface area contributed by atoms with Crippen molar-refractivity contribution in [3.8, 4) is 0 Å². The highest BCUT2D eigenvalue weighted by atomic mass is 31.2. The molecule has 0 aliphatic heterocycles. The molecule has 0 saturated heterocycles. The van der Waals surface area contributed by atoms with Gasteiger partial charge in [-0.05, 0) is 32.1 Å². The lowest BCUT2D eigenvalue weighted by Gasteiger charge is -2.17. The molecule has 0 amide bonds. The van der Waals surface area contributed by atoms with Gasteiger partial charge >= 0.3 is 7.68 Å². The van der Waals surface area contributed by atoms with E-state index < -0.39 is 7.68 Å². The van der Waals surface area contributed by atoms with Crippen LogP contribution in [0.1, 0.15) is 96.8 Å². The van der Waals surface area contributed by atoms with Gasteiger partial charge < -0.3 is 14.0 Å². The van der Waals surface area contributed by atoms with Gasteiger partial charge in [-0.25, -0.2) is 0 Å². The topological polar surface area (TPSA) is 44.8 Å². The Morgan fingerprint density at radius 1 is 0.828 bits per heavy atom. The Hall–Kier alpha value is -0.220. The van der Waals surface area contributed by atoms with E-state index in [1.54, 1.807) is 7.11 Å². The third-order valence-corrected chi connectivity index (χ3v) is 5.46. The Balaban J connectivity index is 3.41. The Bertz CT molecular complexity index is 412. The summed E-state index contributed by atoms with van der Waals surface area (Å²) in [5.41, 5.74) is 0. The Labute approximate surface area is 179 Å². The van der Waals surface area contributed by atoms with E-state index in [9.17, 15) is 8.76 Å². The van der Waals surface area contributed by atoms with Crippen molar-refractivity contribution in [2.75, 3.05) is 33.6 Å². The molecule has 0 aromatic rings. The molecule has 174 valence electrons. The summed E-state index contributed by atoms with van der Waals surface area (Å²) in [6, 6.07) is 0. The second-order valence-electron chi connectivity index (χ2n) is 7.93. The van der Waals surface area contributed by atoms with Gasteiger partial charge in [-0.1, -0.05) is 76.9 Å². The van der Waals surface area contributed by atoms with Crippen LogP contribution in [0.15, 0.2) is 12.2 Å². The van der Waals surface area contributed by atoms with Gasteiger partial charge in [0.1, 0.15) is 6.10 Å². The summed E-state index contributed by atoms with van der Waals surface area (Å²) >= 11 is 0. The quantitative estimate of drug-likeness (QED) is 0.0984. The van der Waals surface area contributed by atoms with Gasteiger partial charge in [0.25, 0.3) is 0 Å². The van der Waals surface area contributed by atoms with Crippen LogP contribution in [0.5, 0.6) is 0 Å². The maximum Gasteiger partial charge on any atom is 0.364 e. The second-order valence-corrected chi connectivity index (χ2v) is 9.68. The number of hydrogen-bond acceptors (Lipinski definition) is 4. The Kier molecular flexibility index (Phi) is 20.9. The smallest absolute Gasteiger partial charge is 0.364 e. The summed E-state index contributed by atoms with van der Waals surface area (Å²) in [6.45, 7) is 4.09. The lowest BCUT2D eigenvalue weighted by Crippen LogP contribution is -2.25. The molecule has 4 nitrogen and oxygen atoms in total. The van der Waals surface area contributed by atoms with Crippen LogP contribution in [0.2, 0.25) is 0 Å². The fourth-order valence-electron chi connectivity index (χ4n) is 3.15.